The van der Waals surface area contributed by atoms with Gasteiger partial charge in [-0.2, -0.15) is 0 Å². The van der Waals surface area contributed by atoms with E-state index in [1.165, 1.54) is 7.11 Å². The highest BCUT2D eigenvalue weighted by Gasteiger charge is 2.57. The van der Waals surface area contributed by atoms with E-state index < -0.39 is 12.0 Å². The number of carbonyl (C=O) groups is 1. The lowest BCUT2D eigenvalue weighted by Gasteiger charge is -2.44. The first kappa shape index (κ1) is 15.2. The number of hydrogen-bond acceptors (Lipinski definition) is 4. The van der Waals surface area contributed by atoms with Crippen LogP contribution in [0, 0.1) is 11.8 Å². The SMILES string of the molecule is CCCCC(F)C1(OC)CC[C@@H]2[C@H]3CC(=O)O[C@H]3C[C@H]2O1. The first-order chi connectivity index (χ1) is 10.1. The van der Waals surface area contributed by atoms with E-state index in [4.69, 9.17) is 14.2 Å². The summed E-state index contributed by atoms with van der Waals surface area (Å²) in [6, 6.07) is 0. The van der Waals surface area contributed by atoms with Gasteiger partial charge in [-0.1, -0.05) is 19.8 Å². The Kier molecular flexibility index (Phi) is 4.23. The maximum absolute atomic E-state index is 14.6. The third-order valence-electron chi connectivity index (χ3n) is 5.47. The Morgan fingerprint density at radius 3 is 2.95 bits per heavy atom. The quantitative estimate of drug-likeness (QED) is 0.732. The number of carbonyl (C=O) groups excluding carboxylic acids is 1. The number of ether oxygens (including phenoxy) is 3. The molecule has 0 aromatic rings. The Bertz CT molecular complexity index is 402. The molecule has 5 heteroatoms. The van der Waals surface area contributed by atoms with Gasteiger partial charge in [-0.25, -0.2) is 4.39 Å². The van der Waals surface area contributed by atoms with Crippen LogP contribution >= 0.6 is 0 Å². The maximum atomic E-state index is 14.6. The van der Waals surface area contributed by atoms with Crippen LogP contribution in [-0.2, 0) is 19.0 Å². The molecule has 2 heterocycles. The predicted molar refractivity (Wildman–Crippen MR) is 74.4 cm³/mol. The number of rotatable bonds is 5. The zero-order chi connectivity index (χ0) is 15.0. The fourth-order valence-electron chi connectivity index (χ4n) is 4.29. The largest absolute Gasteiger partial charge is 0.462 e. The third kappa shape index (κ3) is 2.59. The molecule has 0 aromatic heterocycles. The zero-order valence-corrected chi connectivity index (χ0v) is 12.8. The standard InChI is InChI=1S/C16H25FO4/c1-3-4-5-14(17)16(19-2)7-6-10-11-8-15(18)20-12(11)9-13(10)21-16/h10-14H,3-9H2,1-2H3/t10-,11-,12+,13-,14?,16?/m1/s1. The maximum Gasteiger partial charge on any atom is 0.306 e. The molecule has 0 spiro atoms. The number of esters is 1. The smallest absolute Gasteiger partial charge is 0.306 e. The number of methoxy groups -OCH3 is 1. The van der Waals surface area contributed by atoms with Crippen LogP contribution in [0.25, 0.3) is 0 Å². The minimum Gasteiger partial charge on any atom is -0.462 e. The van der Waals surface area contributed by atoms with Gasteiger partial charge in [-0.05, 0) is 18.8 Å². The summed E-state index contributed by atoms with van der Waals surface area (Å²) >= 11 is 0. The minimum absolute atomic E-state index is 0.0335. The molecule has 0 bridgehead atoms. The average Bonchev–Trinajstić information content (AvgIpc) is 2.99. The van der Waals surface area contributed by atoms with Crippen molar-refractivity contribution in [2.45, 2.75) is 76.0 Å². The Morgan fingerprint density at radius 2 is 2.24 bits per heavy atom. The van der Waals surface area contributed by atoms with Crippen molar-refractivity contribution in [2.75, 3.05) is 7.11 Å². The fourth-order valence-corrected chi connectivity index (χ4v) is 4.29. The van der Waals surface area contributed by atoms with Gasteiger partial charge >= 0.3 is 5.97 Å². The highest BCUT2D eigenvalue weighted by molar-refractivity contribution is 5.72. The molecule has 0 amide bonds. The van der Waals surface area contributed by atoms with Crippen molar-refractivity contribution >= 4 is 5.97 Å². The predicted octanol–water partition coefficient (Wildman–Crippen LogP) is 2.99. The van der Waals surface area contributed by atoms with Crippen LogP contribution in [0.2, 0.25) is 0 Å². The molecule has 3 fully saturated rings. The van der Waals surface area contributed by atoms with E-state index in [-0.39, 0.29) is 24.1 Å². The highest BCUT2D eigenvalue weighted by Crippen LogP contribution is 2.51. The van der Waals surface area contributed by atoms with Crippen LogP contribution in [0.5, 0.6) is 0 Å². The Morgan fingerprint density at radius 1 is 1.43 bits per heavy atom. The van der Waals surface area contributed by atoms with Crippen LogP contribution in [0.3, 0.4) is 0 Å². The van der Waals surface area contributed by atoms with E-state index >= 15 is 0 Å². The minimum atomic E-state index is -1.10. The van der Waals surface area contributed by atoms with Gasteiger partial charge in [0.25, 0.3) is 0 Å². The molecule has 2 saturated heterocycles. The van der Waals surface area contributed by atoms with Gasteiger partial charge in [-0.3, -0.25) is 4.79 Å². The molecule has 6 atom stereocenters. The number of unbranched alkanes of at least 4 members (excludes halogenated alkanes) is 1. The molecule has 2 unspecified atom stereocenters. The first-order valence-electron chi connectivity index (χ1n) is 8.16. The van der Waals surface area contributed by atoms with Crippen LogP contribution in [-0.4, -0.2) is 37.2 Å². The summed E-state index contributed by atoms with van der Waals surface area (Å²) < 4.78 is 31.5. The molecule has 0 N–H and O–H groups in total. The topological polar surface area (TPSA) is 44.8 Å². The lowest BCUT2D eigenvalue weighted by molar-refractivity contribution is -0.306. The summed E-state index contributed by atoms with van der Waals surface area (Å²) in [6.07, 6.45) is 3.71. The van der Waals surface area contributed by atoms with Gasteiger partial charge in [0.1, 0.15) is 6.10 Å². The molecule has 120 valence electrons. The lowest BCUT2D eigenvalue weighted by Crippen LogP contribution is -2.51. The van der Waals surface area contributed by atoms with Crippen molar-refractivity contribution in [1.29, 1.82) is 0 Å². The lowest BCUT2D eigenvalue weighted by atomic mass is 9.83. The highest BCUT2D eigenvalue weighted by atomic mass is 19.1. The molecule has 21 heavy (non-hydrogen) atoms. The first-order valence-corrected chi connectivity index (χ1v) is 8.16. The van der Waals surface area contributed by atoms with E-state index in [1.807, 2.05) is 0 Å². The van der Waals surface area contributed by atoms with E-state index in [2.05, 4.69) is 6.92 Å². The Hall–Kier alpha value is -0.680. The monoisotopic (exact) mass is 300 g/mol. The van der Waals surface area contributed by atoms with E-state index in [0.29, 0.717) is 31.6 Å². The van der Waals surface area contributed by atoms with E-state index in [9.17, 15) is 9.18 Å². The molecule has 3 rings (SSSR count). The van der Waals surface area contributed by atoms with Crippen molar-refractivity contribution < 1.29 is 23.4 Å². The number of hydrogen-bond donors (Lipinski definition) is 0. The molecular weight excluding hydrogens is 275 g/mol. The summed E-state index contributed by atoms with van der Waals surface area (Å²) in [5, 5.41) is 0. The second-order valence-corrected chi connectivity index (χ2v) is 6.62. The van der Waals surface area contributed by atoms with Crippen LogP contribution in [0.15, 0.2) is 0 Å². The fraction of sp³-hybridized carbons (Fsp3) is 0.938. The second kappa shape index (κ2) is 5.84. The second-order valence-electron chi connectivity index (χ2n) is 6.62. The molecule has 4 nitrogen and oxygen atoms in total. The molecule has 0 radical (unpaired) electrons. The van der Waals surface area contributed by atoms with Gasteiger partial charge in [0.2, 0.25) is 0 Å². The molecule has 1 aliphatic carbocycles. The summed E-state index contributed by atoms with van der Waals surface area (Å²) in [5.74, 6) is -0.633. The van der Waals surface area contributed by atoms with Crippen LogP contribution in [0.4, 0.5) is 4.39 Å². The van der Waals surface area contributed by atoms with Crippen molar-refractivity contribution in [3.8, 4) is 0 Å². The van der Waals surface area contributed by atoms with Gasteiger partial charge < -0.3 is 14.2 Å². The van der Waals surface area contributed by atoms with Gasteiger partial charge in [0.15, 0.2) is 12.0 Å². The number of fused-ring (bicyclic) bond motifs is 3. The molecule has 0 aromatic carbocycles. The Labute approximate surface area is 125 Å². The Balaban J connectivity index is 1.68. The van der Waals surface area contributed by atoms with Gasteiger partial charge in [0, 0.05) is 25.9 Å². The van der Waals surface area contributed by atoms with Crippen LogP contribution in [0.1, 0.15) is 51.9 Å². The van der Waals surface area contributed by atoms with Crippen molar-refractivity contribution in [1.82, 2.24) is 0 Å². The molecule has 1 saturated carbocycles. The summed E-state index contributed by atoms with van der Waals surface area (Å²) in [7, 11) is 1.54. The van der Waals surface area contributed by atoms with Crippen molar-refractivity contribution in [3.63, 3.8) is 0 Å². The van der Waals surface area contributed by atoms with Crippen molar-refractivity contribution in [2.24, 2.45) is 11.8 Å². The summed E-state index contributed by atoms with van der Waals surface area (Å²) in [6.45, 7) is 2.05. The zero-order valence-electron chi connectivity index (χ0n) is 12.8. The average molecular weight is 300 g/mol. The van der Waals surface area contributed by atoms with E-state index in [0.717, 1.165) is 19.3 Å². The third-order valence-corrected chi connectivity index (χ3v) is 5.47. The summed E-state index contributed by atoms with van der Waals surface area (Å²) in [4.78, 5) is 11.4. The van der Waals surface area contributed by atoms with Crippen molar-refractivity contribution in [3.05, 3.63) is 0 Å². The van der Waals surface area contributed by atoms with Crippen LogP contribution < -0.4 is 0 Å². The van der Waals surface area contributed by atoms with Gasteiger partial charge in [-0.15, -0.1) is 0 Å². The van der Waals surface area contributed by atoms with Gasteiger partial charge in [0.05, 0.1) is 12.5 Å². The number of halogens is 1. The number of alkyl halides is 1. The molecule has 3 aliphatic rings. The normalized spacial score (nSPS) is 43.3. The molecular formula is C16H25FO4. The van der Waals surface area contributed by atoms with E-state index in [1.54, 1.807) is 0 Å². The summed E-state index contributed by atoms with van der Waals surface area (Å²) in [5.41, 5.74) is 0. The molecule has 2 aliphatic heterocycles.